The Morgan fingerprint density at radius 1 is 1.24 bits per heavy atom. The Balaban J connectivity index is 2.38. The minimum atomic E-state index is -3.55. The van der Waals surface area contributed by atoms with Gasteiger partial charge >= 0.3 is 0 Å². The second-order valence-corrected chi connectivity index (χ2v) is 7.93. The fourth-order valence-electron chi connectivity index (χ4n) is 2.07. The molecule has 6 heteroatoms. The van der Waals surface area contributed by atoms with E-state index in [0.29, 0.717) is 18.2 Å². The highest BCUT2D eigenvalue weighted by Crippen LogP contribution is 2.31. The van der Waals surface area contributed by atoms with Crippen molar-refractivity contribution in [3.8, 4) is 0 Å². The van der Waals surface area contributed by atoms with E-state index in [1.54, 1.807) is 6.07 Å². The van der Waals surface area contributed by atoms with Crippen LogP contribution in [0.4, 0.5) is 5.69 Å². The van der Waals surface area contributed by atoms with E-state index >= 15 is 0 Å². The van der Waals surface area contributed by atoms with Crippen LogP contribution in [0, 0.1) is 0 Å². The molecule has 0 atom stereocenters. The first-order valence-electron chi connectivity index (χ1n) is 7.23. The number of anilines is 1. The van der Waals surface area contributed by atoms with Gasteiger partial charge in [-0.3, -0.25) is 4.99 Å². The van der Waals surface area contributed by atoms with Gasteiger partial charge in [-0.2, -0.15) is 0 Å². The standard InChI is InChI=1S/C15H23N3O2S/c1-5-6-9-16-14-17-12-8-7-11(15(2,3)4)10-13(12)21(19,20)18-14/h7-8,10H,5-6,9H2,1-4H3,(H2,16,17,18). The number of sulfonamides is 1. The first-order chi connectivity index (χ1) is 9.74. The van der Waals surface area contributed by atoms with E-state index in [1.807, 2.05) is 12.1 Å². The first-order valence-corrected chi connectivity index (χ1v) is 8.71. The van der Waals surface area contributed by atoms with Crippen LogP contribution >= 0.6 is 0 Å². The zero-order valence-electron chi connectivity index (χ0n) is 13.0. The van der Waals surface area contributed by atoms with Crippen LogP contribution < -0.4 is 10.0 Å². The average Bonchev–Trinajstić information content (AvgIpc) is 2.37. The van der Waals surface area contributed by atoms with Crippen LogP contribution in [-0.2, 0) is 15.4 Å². The van der Waals surface area contributed by atoms with Gasteiger partial charge in [0.1, 0.15) is 4.90 Å². The lowest BCUT2D eigenvalue weighted by Gasteiger charge is -2.25. The minimum Gasteiger partial charge on any atom is -0.324 e. The van der Waals surface area contributed by atoms with Crippen LogP contribution in [0.1, 0.15) is 46.1 Å². The summed E-state index contributed by atoms with van der Waals surface area (Å²) >= 11 is 0. The molecule has 2 N–H and O–H groups in total. The van der Waals surface area contributed by atoms with Crippen molar-refractivity contribution in [2.45, 2.75) is 50.8 Å². The molecule has 116 valence electrons. The number of benzene rings is 1. The molecule has 1 aromatic carbocycles. The lowest BCUT2D eigenvalue weighted by Crippen LogP contribution is -2.41. The van der Waals surface area contributed by atoms with Crippen molar-refractivity contribution < 1.29 is 8.42 Å². The first kappa shape index (κ1) is 15.8. The Morgan fingerprint density at radius 3 is 2.57 bits per heavy atom. The third-order valence-electron chi connectivity index (χ3n) is 3.40. The van der Waals surface area contributed by atoms with Gasteiger partial charge in [-0.05, 0) is 29.5 Å². The van der Waals surface area contributed by atoms with Gasteiger partial charge in [0.2, 0.25) is 5.96 Å². The van der Waals surface area contributed by atoms with Gasteiger partial charge in [0.15, 0.2) is 0 Å². The Morgan fingerprint density at radius 2 is 1.95 bits per heavy atom. The number of guanidine groups is 1. The van der Waals surface area contributed by atoms with Crippen LogP contribution in [0.5, 0.6) is 0 Å². The van der Waals surface area contributed by atoms with E-state index in [4.69, 9.17) is 0 Å². The Labute approximate surface area is 126 Å². The van der Waals surface area contributed by atoms with Crippen molar-refractivity contribution in [2.24, 2.45) is 4.99 Å². The van der Waals surface area contributed by atoms with E-state index in [9.17, 15) is 8.42 Å². The summed E-state index contributed by atoms with van der Waals surface area (Å²) in [4.78, 5) is 4.54. The average molecular weight is 309 g/mol. The molecule has 0 radical (unpaired) electrons. The number of hydrogen-bond acceptors (Lipinski definition) is 3. The van der Waals surface area contributed by atoms with Crippen LogP contribution in [0.25, 0.3) is 0 Å². The molecule has 21 heavy (non-hydrogen) atoms. The normalized spacial score (nSPS) is 18.8. The van der Waals surface area contributed by atoms with Crippen LogP contribution in [0.15, 0.2) is 28.1 Å². The number of rotatable bonds is 3. The lowest BCUT2D eigenvalue weighted by atomic mass is 9.87. The van der Waals surface area contributed by atoms with Crippen molar-refractivity contribution in [3.05, 3.63) is 23.8 Å². The summed E-state index contributed by atoms with van der Waals surface area (Å²) in [6, 6.07) is 5.49. The second-order valence-electron chi connectivity index (χ2n) is 6.28. The van der Waals surface area contributed by atoms with E-state index in [-0.39, 0.29) is 10.3 Å². The highest BCUT2D eigenvalue weighted by molar-refractivity contribution is 7.90. The zero-order valence-corrected chi connectivity index (χ0v) is 13.8. The topological polar surface area (TPSA) is 70.6 Å². The van der Waals surface area contributed by atoms with Crippen molar-refractivity contribution in [1.82, 2.24) is 4.72 Å². The number of unbranched alkanes of at least 4 members (excludes halogenated alkanes) is 1. The molecule has 1 aliphatic rings. The molecule has 0 saturated heterocycles. The molecule has 0 bridgehead atoms. The monoisotopic (exact) mass is 309 g/mol. The molecule has 1 aromatic rings. The summed E-state index contributed by atoms with van der Waals surface area (Å²) in [6.07, 6.45) is 1.96. The van der Waals surface area contributed by atoms with Gasteiger partial charge in [-0.1, -0.05) is 40.2 Å². The van der Waals surface area contributed by atoms with E-state index in [1.165, 1.54) is 0 Å². The zero-order chi connectivity index (χ0) is 15.7. The summed E-state index contributed by atoms with van der Waals surface area (Å²) in [7, 11) is -3.55. The summed E-state index contributed by atoms with van der Waals surface area (Å²) in [5.41, 5.74) is 1.47. The SMILES string of the molecule is CCCCN=C1Nc2ccc(C(C)(C)C)cc2S(=O)(=O)N1. The predicted molar refractivity (Wildman–Crippen MR) is 86.3 cm³/mol. The summed E-state index contributed by atoms with van der Waals surface area (Å²) in [5, 5.41) is 3.05. The quantitative estimate of drug-likeness (QED) is 0.843. The number of hydrogen-bond donors (Lipinski definition) is 2. The maximum absolute atomic E-state index is 12.4. The molecule has 0 saturated carbocycles. The molecule has 1 heterocycles. The van der Waals surface area contributed by atoms with Gasteiger partial charge in [0, 0.05) is 6.54 Å². The number of aliphatic imine (C=N–C) groups is 1. The predicted octanol–water partition coefficient (Wildman–Crippen LogP) is 2.84. The van der Waals surface area contributed by atoms with Crippen LogP contribution in [0.2, 0.25) is 0 Å². The van der Waals surface area contributed by atoms with Gasteiger partial charge in [0.05, 0.1) is 5.69 Å². The number of nitrogens with zero attached hydrogens (tertiary/aromatic N) is 1. The van der Waals surface area contributed by atoms with E-state index in [2.05, 4.69) is 42.7 Å². The van der Waals surface area contributed by atoms with E-state index in [0.717, 1.165) is 18.4 Å². The largest absolute Gasteiger partial charge is 0.324 e. The maximum atomic E-state index is 12.4. The summed E-state index contributed by atoms with van der Waals surface area (Å²) in [6.45, 7) is 8.85. The molecule has 0 unspecified atom stereocenters. The van der Waals surface area contributed by atoms with Gasteiger partial charge in [-0.25, -0.2) is 13.1 Å². The molecule has 1 aliphatic heterocycles. The van der Waals surface area contributed by atoms with Crippen molar-refractivity contribution >= 4 is 21.7 Å². The van der Waals surface area contributed by atoms with Gasteiger partial charge < -0.3 is 5.32 Å². The molecular formula is C15H23N3O2S. The van der Waals surface area contributed by atoms with Crippen LogP contribution in [0.3, 0.4) is 0 Å². The maximum Gasteiger partial charge on any atom is 0.266 e. The van der Waals surface area contributed by atoms with E-state index < -0.39 is 10.0 Å². The Bertz CT molecular complexity index is 658. The van der Waals surface area contributed by atoms with Crippen LogP contribution in [-0.4, -0.2) is 20.9 Å². The molecule has 0 aromatic heterocycles. The molecule has 0 fully saturated rings. The summed E-state index contributed by atoms with van der Waals surface area (Å²) in [5.74, 6) is 0.305. The highest BCUT2D eigenvalue weighted by Gasteiger charge is 2.28. The smallest absolute Gasteiger partial charge is 0.266 e. The molecule has 0 aliphatic carbocycles. The number of nitrogens with one attached hydrogen (secondary N) is 2. The molecular weight excluding hydrogens is 286 g/mol. The van der Waals surface area contributed by atoms with Crippen molar-refractivity contribution in [3.63, 3.8) is 0 Å². The third-order valence-corrected chi connectivity index (χ3v) is 4.78. The third kappa shape index (κ3) is 3.56. The number of fused-ring (bicyclic) bond motifs is 1. The second kappa shape index (κ2) is 5.67. The fraction of sp³-hybridized carbons (Fsp3) is 0.533. The van der Waals surface area contributed by atoms with Crippen molar-refractivity contribution in [1.29, 1.82) is 0 Å². The fourth-order valence-corrected chi connectivity index (χ4v) is 3.24. The summed E-state index contributed by atoms with van der Waals surface area (Å²) < 4.78 is 27.2. The molecule has 5 nitrogen and oxygen atoms in total. The van der Waals surface area contributed by atoms with Gasteiger partial charge in [0.25, 0.3) is 10.0 Å². The van der Waals surface area contributed by atoms with Crippen molar-refractivity contribution in [2.75, 3.05) is 11.9 Å². The molecule has 0 amide bonds. The lowest BCUT2D eigenvalue weighted by molar-refractivity contribution is 0.582. The minimum absolute atomic E-state index is 0.0972. The van der Waals surface area contributed by atoms with Gasteiger partial charge in [-0.15, -0.1) is 0 Å². The molecule has 2 rings (SSSR count). The Kier molecular flexibility index (Phi) is 4.27. The molecule has 0 spiro atoms. The highest BCUT2D eigenvalue weighted by atomic mass is 32.2. The Hall–Kier alpha value is -1.56.